The van der Waals surface area contributed by atoms with Crippen LogP contribution in [0.3, 0.4) is 0 Å². The number of aryl methyl sites for hydroxylation is 2. The zero-order valence-corrected chi connectivity index (χ0v) is 14.3. The Morgan fingerprint density at radius 1 is 1.08 bits per heavy atom. The van der Waals surface area contributed by atoms with Crippen molar-refractivity contribution in [2.75, 3.05) is 11.4 Å². The van der Waals surface area contributed by atoms with Gasteiger partial charge in [0.05, 0.1) is 0 Å². The monoisotopic (exact) mass is 322 g/mol. The summed E-state index contributed by atoms with van der Waals surface area (Å²) in [6.07, 6.45) is 0.861. The quantitative estimate of drug-likeness (QED) is 0.944. The predicted molar refractivity (Wildman–Crippen MR) is 95.3 cm³/mol. The van der Waals surface area contributed by atoms with Gasteiger partial charge in [-0.3, -0.25) is 9.59 Å². The van der Waals surface area contributed by atoms with Crippen LogP contribution < -0.4 is 10.2 Å². The van der Waals surface area contributed by atoms with Crippen molar-refractivity contribution in [3.63, 3.8) is 0 Å². The number of para-hydroxylation sites is 1. The molecule has 0 fully saturated rings. The Morgan fingerprint density at radius 3 is 2.58 bits per heavy atom. The largest absolute Gasteiger partial charge is 0.341 e. The van der Waals surface area contributed by atoms with Gasteiger partial charge in [-0.1, -0.05) is 24.3 Å². The van der Waals surface area contributed by atoms with Crippen molar-refractivity contribution in [1.29, 1.82) is 0 Å². The number of carbonyl (C=O) groups is 2. The van der Waals surface area contributed by atoms with Crippen LogP contribution in [0, 0.1) is 13.8 Å². The van der Waals surface area contributed by atoms with Crippen molar-refractivity contribution >= 4 is 17.5 Å². The molecular formula is C20H22N2O2. The molecule has 2 aromatic carbocycles. The van der Waals surface area contributed by atoms with Crippen LogP contribution in [0.5, 0.6) is 0 Å². The first-order chi connectivity index (χ1) is 11.5. The highest BCUT2D eigenvalue weighted by Gasteiger charge is 2.28. The number of hydrogen-bond donors (Lipinski definition) is 1. The van der Waals surface area contributed by atoms with E-state index in [-0.39, 0.29) is 11.8 Å². The van der Waals surface area contributed by atoms with Gasteiger partial charge >= 0.3 is 0 Å². The summed E-state index contributed by atoms with van der Waals surface area (Å²) in [5, 5.41) is 2.82. The van der Waals surface area contributed by atoms with E-state index in [1.807, 2.05) is 50.2 Å². The van der Waals surface area contributed by atoms with E-state index >= 15 is 0 Å². The smallest absolute Gasteiger partial charge is 0.251 e. The number of nitrogens with zero attached hydrogens (tertiary/aromatic N) is 1. The Balaban J connectivity index is 1.70. The minimum absolute atomic E-state index is 0.0721. The summed E-state index contributed by atoms with van der Waals surface area (Å²) in [5.74, 6) is -0.288. The van der Waals surface area contributed by atoms with Crippen LogP contribution >= 0.6 is 0 Å². The summed E-state index contributed by atoms with van der Waals surface area (Å²) in [6.45, 7) is 6.39. The fourth-order valence-corrected chi connectivity index (χ4v) is 3.03. The zero-order valence-electron chi connectivity index (χ0n) is 14.3. The number of benzene rings is 2. The van der Waals surface area contributed by atoms with Gasteiger partial charge in [-0.05, 0) is 62.1 Å². The molecule has 0 unspecified atom stereocenters. The van der Waals surface area contributed by atoms with Gasteiger partial charge in [-0.25, -0.2) is 0 Å². The maximum absolute atomic E-state index is 12.7. The highest BCUT2D eigenvalue weighted by molar-refractivity contribution is 6.03. The second-order valence-corrected chi connectivity index (χ2v) is 6.36. The Labute approximate surface area is 142 Å². The lowest BCUT2D eigenvalue weighted by Gasteiger charge is -2.22. The molecule has 0 radical (unpaired) electrons. The van der Waals surface area contributed by atoms with Gasteiger partial charge in [0.25, 0.3) is 5.91 Å². The van der Waals surface area contributed by atoms with Gasteiger partial charge in [0.1, 0.15) is 6.04 Å². The van der Waals surface area contributed by atoms with Gasteiger partial charge in [-0.15, -0.1) is 0 Å². The highest BCUT2D eigenvalue weighted by atomic mass is 16.2. The molecule has 0 saturated carbocycles. The topological polar surface area (TPSA) is 49.4 Å². The van der Waals surface area contributed by atoms with Crippen molar-refractivity contribution in [2.24, 2.45) is 0 Å². The highest BCUT2D eigenvalue weighted by Crippen LogP contribution is 2.27. The van der Waals surface area contributed by atoms with Crippen molar-refractivity contribution in [3.05, 3.63) is 64.7 Å². The molecule has 1 N–H and O–H groups in total. The van der Waals surface area contributed by atoms with Crippen LogP contribution in [0.2, 0.25) is 0 Å². The molecule has 1 atom stereocenters. The van der Waals surface area contributed by atoms with Crippen molar-refractivity contribution in [2.45, 2.75) is 33.2 Å². The van der Waals surface area contributed by atoms with Crippen LogP contribution in [0.4, 0.5) is 5.69 Å². The molecule has 3 rings (SSSR count). The van der Waals surface area contributed by atoms with E-state index in [0.29, 0.717) is 12.1 Å². The fourth-order valence-electron chi connectivity index (χ4n) is 3.03. The number of rotatable bonds is 3. The SMILES string of the molecule is Cc1ccc(C(=O)N[C@@H](C)C(=O)N2CCc3ccccc32)cc1C. The van der Waals surface area contributed by atoms with Crippen molar-refractivity contribution < 1.29 is 9.59 Å². The van der Waals surface area contributed by atoms with E-state index in [2.05, 4.69) is 5.32 Å². The molecule has 0 spiro atoms. The third-order valence-electron chi connectivity index (χ3n) is 4.64. The van der Waals surface area contributed by atoms with Gasteiger partial charge in [0, 0.05) is 17.8 Å². The lowest BCUT2D eigenvalue weighted by atomic mass is 10.1. The zero-order chi connectivity index (χ0) is 17.3. The van der Waals surface area contributed by atoms with Gasteiger partial charge < -0.3 is 10.2 Å². The van der Waals surface area contributed by atoms with Crippen LogP contribution in [0.15, 0.2) is 42.5 Å². The molecule has 24 heavy (non-hydrogen) atoms. The average molecular weight is 322 g/mol. The molecule has 2 aromatic rings. The van der Waals surface area contributed by atoms with E-state index < -0.39 is 6.04 Å². The van der Waals surface area contributed by atoms with E-state index in [4.69, 9.17) is 0 Å². The Bertz CT molecular complexity index is 798. The summed E-state index contributed by atoms with van der Waals surface area (Å²) in [6, 6.07) is 12.9. The second kappa shape index (κ2) is 6.48. The maximum atomic E-state index is 12.7. The summed E-state index contributed by atoms with van der Waals surface area (Å²) in [4.78, 5) is 26.9. The summed E-state index contributed by atoms with van der Waals surface area (Å²) in [5.41, 5.74) is 4.92. The van der Waals surface area contributed by atoms with Crippen molar-refractivity contribution in [1.82, 2.24) is 5.32 Å². The predicted octanol–water partition coefficient (Wildman–Crippen LogP) is 3.01. The number of anilines is 1. The average Bonchev–Trinajstić information content (AvgIpc) is 3.00. The first kappa shape index (κ1) is 16.2. The normalized spacial score (nSPS) is 14.2. The number of fused-ring (bicyclic) bond motifs is 1. The molecule has 0 aliphatic carbocycles. The Kier molecular flexibility index (Phi) is 4.38. The number of nitrogens with one attached hydrogen (secondary N) is 1. The molecule has 1 aliphatic rings. The molecule has 124 valence electrons. The van der Waals surface area contributed by atoms with E-state index in [1.54, 1.807) is 17.9 Å². The Morgan fingerprint density at radius 2 is 1.83 bits per heavy atom. The molecule has 0 aromatic heterocycles. The molecule has 1 heterocycles. The van der Waals surface area contributed by atoms with Gasteiger partial charge in [0.2, 0.25) is 5.91 Å². The molecule has 1 aliphatic heterocycles. The fraction of sp³-hybridized carbons (Fsp3) is 0.300. The maximum Gasteiger partial charge on any atom is 0.251 e. The standard InChI is InChI=1S/C20H22N2O2/c1-13-8-9-17(12-14(13)2)19(23)21-15(3)20(24)22-11-10-16-6-4-5-7-18(16)22/h4-9,12,15H,10-11H2,1-3H3,(H,21,23)/t15-/m0/s1. The van der Waals surface area contributed by atoms with Crippen LogP contribution in [0.1, 0.15) is 34.0 Å². The molecular weight excluding hydrogens is 300 g/mol. The van der Waals surface area contributed by atoms with E-state index in [0.717, 1.165) is 23.2 Å². The molecule has 2 amide bonds. The molecule has 4 heteroatoms. The van der Waals surface area contributed by atoms with Crippen LogP contribution in [-0.2, 0) is 11.2 Å². The van der Waals surface area contributed by atoms with Crippen LogP contribution in [0.25, 0.3) is 0 Å². The number of amides is 2. The lowest BCUT2D eigenvalue weighted by Crippen LogP contribution is -2.46. The molecule has 0 saturated heterocycles. The summed E-state index contributed by atoms with van der Waals surface area (Å²) in [7, 11) is 0. The minimum atomic E-state index is -0.565. The van der Waals surface area contributed by atoms with Crippen LogP contribution in [-0.4, -0.2) is 24.4 Å². The van der Waals surface area contributed by atoms with Gasteiger partial charge in [-0.2, -0.15) is 0 Å². The molecule has 0 bridgehead atoms. The van der Waals surface area contributed by atoms with Crippen molar-refractivity contribution in [3.8, 4) is 0 Å². The summed E-state index contributed by atoms with van der Waals surface area (Å²) >= 11 is 0. The van der Waals surface area contributed by atoms with E-state index in [9.17, 15) is 9.59 Å². The third-order valence-corrected chi connectivity index (χ3v) is 4.64. The lowest BCUT2D eigenvalue weighted by molar-refractivity contribution is -0.119. The first-order valence-electron chi connectivity index (χ1n) is 8.25. The van der Waals surface area contributed by atoms with Gasteiger partial charge in [0.15, 0.2) is 0 Å². The first-order valence-corrected chi connectivity index (χ1v) is 8.25. The minimum Gasteiger partial charge on any atom is -0.341 e. The molecule has 4 nitrogen and oxygen atoms in total. The van der Waals surface area contributed by atoms with E-state index in [1.165, 1.54) is 5.56 Å². The summed E-state index contributed by atoms with van der Waals surface area (Å²) < 4.78 is 0. The second-order valence-electron chi connectivity index (χ2n) is 6.36. The number of carbonyl (C=O) groups excluding carboxylic acids is 2. The number of hydrogen-bond acceptors (Lipinski definition) is 2. The third kappa shape index (κ3) is 3.04. The Hall–Kier alpha value is -2.62.